The second kappa shape index (κ2) is 13.2. The lowest BCUT2D eigenvalue weighted by Gasteiger charge is -2.13. The van der Waals surface area contributed by atoms with Gasteiger partial charge in [0, 0.05) is 60.2 Å². The van der Waals surface area contributed by atoms with E-state index in [1.165, 1.54) is 81.9 Å². The van der Waals surface area contributed by atoms with Gasteiger partial charge in [-0.3, -0.25) is 0 Å². The van der Waals surface area contributed by atoms with Crippen molar-refractivity contribution in [2.75, 3.05) is 0 Å². The van der Waals surface area contributed by atoms with Gasteiger partial charge in [0.15, 0.2) is 0 Å². The van der Waals surface area contributed by atoms with Gasteiger partial charge in [-0.1, -0.05) is 146 Å². The highest BCUT2D eigenvalue weighted by atomic mass is 15.0. The number of hydrogen-bond acceptors (Lipinski definition) is 1. The number of rotatable bonds is 5. The maximum absolute atomic E-state index is 5.32. The van der Waals surface area contributed by atoms with Crippen molar-refractivity contribution in [1.82, 2.24) is 18.7 Å². The normalized spacial score (nSPS) is 11.9. The van der Waals surface area contributed by atoms with Crippen LogP contribution in [0.4, 0.5) is 0 Å². The fourth-order valence-electron chi connectivity index (χ4n) is 10.0. The van der Waals surface area contributed by atoms with Crippen LogP contribution in [0.25, 0.3) is 116 Å². The van der Waals surface area contributed by atoms with Gasteiger partial charge in [-0.15, -0.1) is 0 Å². The molecule has 0 N–H and O–H groups in total. The molecule has 284 valence electrons. The van der Waals surface area contributed by atoms with Crippen LogP contribution in [0.1, 0.15) is 0 Å². The minimum atomic E-state index is 0.931. The van der Waals surface area contributed by atoms with E-state index in [-0.39, 0.29) is 0 Å². The number of hydrogen-bond donors (Lipinski definition) is 0. The summed E-state index contributed by atoms with van der Waals surface area (Å²) >= 11 is 0. The number of nitrogens with zero attached hydrogens (tertiary/aromatic N) is 4. The summed E-state index contributed by atoms with van der Waals surface area (Å²) in [6.45, 7) is 0. The summed E-state index contributed by atoms with van der Waals surface area (Å²) in [4.78, 5) is 5.32. The number of pyridine rings is 1. The standard InChI is InChI=1S/C57H36N4/c1-2-21-42-37(15-1)16-13-32-50(42)61-53-30-9-5-24-45(53)46-33-34-55-56(57(46)61)47-25-6-10-31-54(47)60(55)41-20-12-18-39(36-41)49-27-14-26-48(58-49)38-17-11-19-40(35-38)59-51-28-7-3-22-43(51)44-23-4-8-29-52(44)59/h1-36H. The molecule has 4 nitrogen and oxygen atoms in total. The van der Waals surface area contributed by atoms with Crippen molar-refractivity contribution in [3.05, 3.63) is 218 Å². The van der Waals surface area contributed by atoms with E-state index < -0.39 is 0 Å². The fourth-order valence-corrected chi connectivity index (χ4v) is 10.0. The average Bonchev–Trinajstić information content (AvgIpc) is 3.97. The molecule has 0 saturated heterocycles. The molecule has 61 heavy (non-hydrogen) atoms. The quantitative estimate of drug-likeness (QED) is 0.171. The Morgan fingerprint density at radius 3 is 1.39 bits per heavy atom. The Kier molecular flexibility index (Phi) is 7.27. The predicted molar refractivity (Wildman–Crippen MR) is 256 cm³/mol. The Morgan fingerprint density at radius 1 is 0.295 bits per heavy atom. The molecular weight excluding hydrogens is 741 g/mol. The van der Waals surface area contributed by atoms with Crippen LogP contribution in [-0.2, 0) is 0 Å². The highest BCUT2D eigenvalue weighted by Crippen LogP contribution is 2.43. The molecule has 0 amide bonds. The van der Waals surface area contributed by atoms with Gasteiger partial charge in [-0.05, 0) is 78.2 Å². The molecule has 9 aromatic carbocycles. The van der Waals surface area contributed by atoms with Gasteiger partial charge in [0.1, 0.15) is 0 Å². The van der Waals surface area contributed by atoms with Crippen LogP contribution in [0, 0.1) is 0 Å². The average molecular weight is 777 g/mol. The summed E-state index contributed by atoms with van der Waals surface area (Å²) in [5.41, 5.74) is 14.5. The Balaban J connectivity index is 0.974. The lowest BCUT2D eigenvalue weighted by atomic mass is 10.1. The molecule has 13 rings (SSSR count). The maximum atomic E-state index is 5.32. The van der Waals surface area contributed by atoms with E-state index in [1.807, 2.05) is 0 Å². The van der Waals surface area contributed by atoms with Crippen LogP contribution < -0.4 is 0 Å². The molecule has 13 aromatic rings. The monoisotopic (exact) mass is 776 g/mol. The smallest absolute Gasteiger partial charge is 0.0710 e. The van der Waals surface area contributed by atoms with Crippen LogP contribution >= 0.6 is 0 Å². The van der Waals surface area contributed by atoms with Gasteiger partial charge in [-0.2, -0.15) is 0 Å². The van der Waals surface area contributed by atoms with Crippen LogP contribution in [-0.4, -0.2) is 18.7 Å². The van der Waals surface area contributed by atoms with Crippen molar-refractivity contribution in [3.63, 3.8) is 0 Å². The third-order valence-corrected chi connectivity index (χ3v) is 12.6. The van der Waals surface area contributed by atoms with E-state index in [4.69, 9.17) is 4.98 Å². The molecule has 0 aliphatic rings. The van der Waals surface area contributed by atoms with Gasteiger partial charge in [0.2, 0.25) is 0 Å². The summed E-state index contributed by atoms with van der Waals surface area (Å²) in [5.74, 6) is 0. The molecule has 0 spiro atoms. The first-order valence-corrected chi connectivity index (χ1v) is 20.9. The van der Waals surface area contributed by atoms with Crippen LogP contribution in [0.15, 0.2) is 218 Å². The van der Waals surface area contributed by atoms with E-state index >= 15 is 0 Å². The Morgan fingerprint density at radius 2 is 0.754 bits per heavy atom. The summed E-state index contributed by atoms with van der Waals surface area (Å²) in [6, 6.07) is 78.9. The lowest BCUT2D eigenvalue weighted by molar-refractivity contribution is 1.17. The van der Waals surface area contributed by atoms with Crippen LogP contribution in [0.3, 0.4) is 0 Å². The van der Waals surface area contributed by atoms with Crippen molar-refractivity contribution in [2.24, 2.45) is 0 Å². The van der Waals surface area contributed by atoms with Crippen molar-refractivity contribution in [3.8, 4) is 39.6 Å². The minimum Gasteiger partial charge on any atom is -0.309 e. The van der Waals surface area contributed by atoms with Gasteiger partial charge >= 0.3 is 0 Å². The van der Waals surface area contributed by atoms with Crippen LogP contribution in [0.5, 0.6) is 0 Å². The predicted octanol–water partition coefficient (Wildman–Crippen LogP) is 14.9. The molecule has 4 heterocycles. The highest BCUT2D eigenvalue weighted by Gasteiger charge is 2.22. The number of benzene rings is 9. The fraction of sp³-hybridized carbons (Fsp3) is 0. The maximum Gasteiger partial charge on any atom is 0.0710 e. The van der Waals surface area contributed by atoms with Gasteiger partial charge in [0.05, 0.1) is 50.2 Å². The second-order valence-corrected chi connectivity index (χ2v) is 15.9. The zero-order valence-corrected chi connectivity index (χ0v) is 33.1. The van der Waals surface area contributed by atoms with Crippen molar-refractivity contribution < 1.29 is 0 Å². The molecule has 4 heteroatoms. The van der Waals surface area contributed by atoms with Gasteiger partial charge in [-0.25, -0.2) is 4.98 Å². The third-order valence-electron chi connectivity index (χ3n) is 12.6. The van der Waals surface area contributed by atoms with Crippen molar-refractivity contribution in [2.45, 2.75) is 0 Å². The third kappa shape index (κ3) is 5.03. The number of fused-ring (bicyclic) bond motifs is 11. The molecule has 0 aliphatic heterocycles. The summed E-state index contributed by atoms with van der Waals surface area (Å²) in [6.07, 6.45) is 0. The Hall–Kier alpha value is -8.21. The molecule has 0 saturated carbocycles. The number of para-hydroxylation sites is 4. The summed E-state index contributed by atoms with van der Waals surface area (Å²) in [7, 11) is 0. The Bertz CT molecular complexity index is 3840. The van der Waals surface area contributed by atoms with E-state index in [0.717, 1.165) is 33.9 Å². The topological polar surface area (TPSA) is 27.7 Å². The zero-order chi connectivity index (χ0) is 40.0. The van der Waals surface area contributed by atoms with Gasteiger partial charge < -0.3 is 13.7 Å². The van der Waals surface area contributed by atoms with E-state index in [0.29, 0.717) is 0 Å². The first-order valence-electron chi connectivity index (χ1n) is 20.9. The van der Waals surface area contributed by atoms with Crippen molar-refractivity contribution >= 4 is 76.2 Å². The molecule has 0 radical (unpaired) electrons. The molecule has 0 atom stereocenters. The van der Waals surface area contributed by atoms with Crippen molar-refractivity contribution in [1.29, 1.82) is 0 Å². The zero-order valence-electron chi connectivity index (χ0n) is 33.1. The van der Waals surface area contributed by atoms with Gasteiger partial charge in [0.25, 0.3) is 0 Å². The van der Waals surface area contributed by atoms with E-state index in [1.54, 1.807) is 0 Å². The molecule has 0 bridgehead atoms. The first kappa shape index (κ1) is 33.7. The minimum absolute atomic E-state index is 0.931. The Labute approximate surface area is 351 Å². The SMILES string of the molecule is c1cc(-c2cccc(-c3cccc(-n4c5ccccc5c5c4ccc4c6ccccc6n(-c6cccc7ccccc67)c45)c3)n2)cc(-n2c3ccccc3c3ccccc32)c1. The summed E-state index contributed by atoms with van der Waals surface area (Å²) in [5, 5.41) is 9.92. The summed E-state index contributed by atoms with van der Waals surface area (Å²) < 4.78 is 7.29. The first-order chi connectivity index (χ1) is 30.3. The molecular formula is C57H36N4. The highest BCUT2D eigenvalue weighted by molar-refractivity contribution is 6.26. The molecule has 0 unspecified atom stereocenters. The number of aromatic nitrogens is 4. The second-order valence-electron chi connectivity index (χ2n) is 15.9. The molecule has 0 aliphatic carbocycles. The molecule has 4 aromatic heterocycles. The van der Waals surface area contributed by atoms with E-state index in [9.17, 15) is 0 Å². The largest absolute Gasteiger partial charge is 0.309 e. The van der Waals surface area contributed by atoms with Crippen LogP contribution in [0.2, 0.25) is 0 Å². The lowest BCUT2D eigenvalue weighted by Crippen LogP contribution is -1.97. The van der Waals surface area contributed by atoms with E-state index in [2.05, 4.69) is 232 Å². The molecule has 0 fully saturated rings.